The van der Waals surface area contributed by atoms with Gasteiger partial charge < -0.3 is 9.80 Å². The van der Waals surface area contributed by atoms with E-state index < -0.39 is 11.9 Å². The Morgan fingerprint density at radius 3 is 2.38 bits per heavy atom. The molecule has 0 saturated heterocycles. The van der Waals surface area contributed by atoms with Crippen molar-refractivity contribution in [1.82, 2.24) is 19.6 Å². The van der Waals surface area contributed by atoms with E-state index in [-0.39, 0.29) is 18.5 Å². The maximum absolute atomic E-state index is 12.5. The maximum atomic E-state index is 12.5. The lowest BCUT2D eigenvalue weighted by molar-refractivity contribution is -0.142. The number of carbonyl (C=O) groups excluding carboxylic acids is 1. The van der Waals surface area contributed by atoms with Crippen LogP contribution in [0.15, 0.2) is 12.3 Å². The smallest absolute Gasteiger partial charge is 0.337 e. The third-order valence-corrected chi connectivity index (χ3v) is 2.96. The predicted octanol–water partition coefficient (Wildman–Crippen LogP) is 1.70. The van der Waals surface area contributed by atoms with Crippen LogP contribution < -0.4 is 0 Å². The standard InChI is InChI=1S/C13H21F3N4O/c1-10(2)20(8-7-18(3)4)12(21)9-19-6-5-11(17-19)13(14,15)16/h5-6,10H,7-9H2,1-4H3. The second-order valence-corrected chi connectivity index (χ2v) is 5.38. The van der Waals surface area contributed by atoms with Gasteiger partial charge in [-0.3, -0.25) is 9.48 Å². The van der Waals surface area contributed by atoms with E-state index in [4.69, 9.17) is 0 Å². The number of alkyl halides is 3. The van der Waals surface area contributed by atoms with Crippen molar-refractivity contribution < 1.29 is 18.0 Å². The van der Waals surface area contributed by atoms with Gasteiger partial charge in [-0.05, 0) is 34.0 Å². The molecular weight excluding hydrogens is 285 g/mol. The molecule has 1 aromatic heterocycles. The minimum absolute atomic E-state index is 0.0184. The van der Waals surface area contributed by atoms with Gasteiger partial charge in [-0.1, -0.05) is 0 Å². The zero-order valence-electron chi connectivity index (χ0n) is 12.7. The topological polar surface area (TPSA) is 41.4 Å². The summed E-state index contributed by atoms with van der Waals surface area (Å²) < 4.78 is 38.4. The van der Waals surface area contributed by atoms with Crippen LogP contribution in [0.4, 0.5) is 13.2 Å². The van der Waals surface area contributed by atoms with Gasteiger partial charge in [-0.15, -0.1) is 0 Å². The molecule has 0 saturated carbocycles. The Kier molecular flexibility index (Phi) is 5.77. The summed E-state index contributed by atoms with van der Waals surface area (Å²) in [6, 6.07) is 0.849. The second kappa shape index (κ2) is 6.93. The first kappa shape index (κ1) is 17.5. The number of hydrogen-bond acceptors (Lipinski definition) is 3. The number of carbonyl (C=O) groups is 1. The molecule has 120 valence electrons. The number of likely N-dealkylation sites (N-methyl/N-ethyl adjacent to an activating group) is 1. The van der Waals surface area contributed by atoms with Gasteiger partial charge in [0, 0.05) is 25.3 Å². The van der Waals surface area contributed by atoms with E-state index in [1.807, 2.05) is 32.8 Å². The molecule has 0 unspecified atom stereocenters. The Morgan fingerprint density at radius 2 is 1.95 bits per heavy atom. The van der Waals surface area contributed by atoms with Gasteiger partial charge in [0.05, 0.1) is 0 Å². The molecule has 0 bridgehead atoms. The average molecular weight is 306 g/mol. The highest BCUT2D eigenvalue weighted by molar-refractivity contribution is 5.76. The third kappa shape index (κ3) is 5.37. The first-order valence-electron chi connectivity index (χ1n) is 6.66. The van der Waals surface area contributed by atoms with Crippen molar-refractivity contribution in [3.05, 3.63) is 18.0 Å². The summed E-state index contributed by atoms with van der Waals surface area (Å²) in [5.41, 5.74) is -0.986. The van der Waals surface area contributed by atoms with Gasteiger partial charge in [0.2, 0.25) is 5.91 Å². The van der Waals surface area contributed by atoms with Gasteiger partial charge in [0.1, 0.15) is 6.54 Å². The van der Waals surface area contributed by atoms with Crippen LogP contribution in [0, 0.1) is 0 Å². The molecule has 21 heavy (non-hydrogen) atoms. The van der Waals surface area contributed by atoms with Crippen molar-refractivity contribution >= 4 is 5.91 Å². The fourth-order valence-electron chi connectivity index (χ4n) is 1.81. The number of hydrogen-bond donors (Lipinski definition) is 0. The third-order valence-electron chi connectivity index (χ3n) is 2.96. The van der Waals surface area contributed by atoms with E-state index in [9.17, 15) is 18.0 Å². The van der Waals surface area contributed by atoms with Crippen molar-refractivity contribution in [2.24, 2.45) is 0 Å². The van der Waals surface area contributed by atoms with Crippen LogP contribution in [0.3, 0.4) is 0 Å². The Hall–Kier alpha value is -1.57. The van der Waals surface area contributed by atoms with Gasteiger partial charge in [0.15, 0.2) is 5.69 Å². The van der Waals surface area contributed by atoms with Crippen molar-refractivity contribution in [2.45, 2.75) is 32.6 Å². The number of nitrogens with zero attached hydrogens (tertiary/aromatic N) is 4. The fourth-order valence-corrected chi connectivity index (χ4v) is 1.81. The number of amides is 1. The van der Waals surface area contributed by atoms with Crippen LogP contribution in [0.5, 0.6) is 0 Å². The highest BCUT2D eigenvalue weighted by atomic mass is 19.4. The van der Waals surface area contributed by atoms with E-state index in [1.165, 1.54) is 6.20 Å². The van der Waals surface area contributed by atoms with E-state index in [0.717, 1.165) is 10.7 Å². The molecule has 5 nitrogen and oxygen atoms in total. The summed E-state index contributed by atoms with van der Waals surface area (Å²) in [7, 11) is 3.79. The lowest BCUT2D eigenvalue weighted by atomic mass is 10.3. The molecule has 0 radical (unpaired) electrons. The average Bonchev–Trinajstić information content (AvgIpc) is 2.76. The van der Waals surface area contributed by atoms with Crippen molar-refractivity contribution in [2.75, 3.05) is 27.2 Å². The van der Waals surface area contributed by atoms with E-state index >= 15 is 0 Å². The Balaban J connectivity index is 2.71. The van der Waals surface area contributed by atoms with E-state index in [0.29, 0.717) is 13.1 Å². The highest BCUT2D eigenvalue weighted by Gasteiger charge is 2.33. The molecule has 1 heterocycles. The number of rotatable bonds is 6. The van der Waals surface area contributed by atoms with Crippen LogP contribution in [-0.4, -0.2) is 58.7 Å². The summed E-state index contributed by atoms with van der Waals surface area (Å²) in [5.74, 6) is -0.247. The van der Waals surface area contributed by atoms with Crippen LogP contribution in [0.1, 0.15) is 19.5 Å². The Labute approximate surface area is 122 Å². The largest absolute Gasteiger partial charge is 0.435 e. The summed E-state index contributed by atoms with van der Waals surface area (Å²) >= 11 is 0. The van der Waals surface area contributed by atoms with Crippen LogP contribution in [0.2, 0.25) is 0 Å². The first-order chi connectivity index (χ1) is 9.61. The predicted molar refractivity (Wildman–Crippen MR) is 72.6 cm³/mol. The number of halogens is 3. The molecular formula is C13H21F3N4O. The van der Waals surface area contributed by atoms with Crippen molar-refractivity contribution in [3.63, 3.8) is 0 Å². The number of aromatic nitrogens is 2. The fraction of sp³-hybridized carbons (Fsp3) is 0.692. The molecule has 1 aromatic rings. The highest BCUT2D eigenvalue weighted by Crippen LogP contribution is 2.27. The van der Waals surface area contributed by atoms with Gasteiger partial charge in [0.25, 0.3) is 0 Å². The molecule has 0 aromatic carbocycles. The molecule has 0 aliphatic carbocycles. The van der Waals surface area contributed by atoms with Crippen LogP contribution in [0.25, 0.3) is 0 Å². The molecule has 0 atom stereocenters. The zero-order valence-corrected chi connectivity index (χ0v) is 12.7. The molecule has 8 heteroatoms. The van der Waals surface area contributed by atoms with Gasteiger partial charge in [-0.25, -0.2) is 0 Å². The molecule has 1 rings (SSSR count). The van der Waals surface area contributed by atoms with Crippen molar-refractivity contribution in [1.29, 1.82) is 0 Å². The SMILES string of the molecule is CC(C)N(CCN(C)C)C(=O)Cn1ccc(C(F)(F)F)n1. The minimum Gasteiger partial charge on any atom is -0.337 e. The normalized spacial score (nSPS) is 12.2. The Bertz CT molecular complexity index is 468. The van der Waals surface area contributed by atoms with Crippen molar-refractivity contribution in [3.8, 4) is 0 Å². The minimum atomic E-state index is -4.49. The molecule has 0 aliphatic rings. The van der Waals surface area contributed by atoms with E-state index in [1.54, 1.807) is 4.90 Å². The Morgan fingerprint density at radius 1 is 1.33 bits per heavy atom. The molecule has 0 spiro atoms. The summed E-state index contributed by atoms with van der Waals surface area (Å²) in [5, 5.41) is 3.39. The lowest BCUT2D eigenvalue weighted by Gasteiger charge is -2.28. The quantitative estimate of drug-likeness (QED) is 0.803. The zero-order chi connectivity index (χ0) is 16.2. The maximum Gasteiger partial charge on any atom is 0.435 e. The van der Waals surface area contributed by atoms with Gasteiger partial charge in [-0.2, -0.15) is 18.3 Å². The van der Waals surface area contributed by atoms with Crippen LogP contribution in [-0.2, 0) is 17.5 Å². The van der Waals surface area contributed by atoms with Gasteiger partial charge >= 0.3 is 6.18 Å². The first-order valence-corrected chi connectivity index (χ1v) is 6.66. The monoisotopic (exact) mass is 306 g/mol. The summed E-state index contributed by atoms with van der Waals surface area (Å²) in [6.07, 6.45) is -3.32. The summed E-state index contributed by atoms with van der Waals surface area (Å²) in [4.78, 5) is 15.8. The molecule has 0 aliphatic heterocycles. The van der Waals surface area contributed by atoms with E-state index in [2.05, 4.69) is 5.10 Å². The molecule has 0 N–H and O–H groups in total. The molecule has 1 amide bonds. The second-order valence-electron chi connectivity index (χ2n) is 5.38. The molecule has 0 fully saturated rings. The lowest BCUT2D eigenvalue weighted by Crippen LogP contribution is -2.42. The summed E-state index contributed by atoms with van der Waals surface area (Å²) in [6.45, 7) is 4.77. The van der Waals surface area contributed by atoms with Crippen LogP contribution >= 0.6 is 0 Å².